The predicted octanol–water partition coefficient (Wildman–Crippen LogP) is 5.12. The van der Waals surface area contributed by atoms with Gasteiger partial charge in [-0.25, -0.2) is 0 Å². The number of aliphatic hydroxyl groups excluding tert-OH is 1. The lowest BCUT2D eigenvalue weighted by Crippen LogP contribution is -2.25. The molecule has 1 amide bonds. The molecule has 2 rings (SSSR count). The Labute approximate surface area is 162 Å². The van der Waals surface area contributed by atoms with Crippen LogP contribution in [-0.2, 0) is 17.5 Å². The molecular weight excluding hydrogens is 404 g/mol. The minimum Gasteiger partial charge on any atom is -0.506 e. The molecule has 0 aliphatic carbocycles. The second-order valence-electron chi connectivity index (χ2n) is 5.37. The Bertz CT molecular complexity index is 913. The minimum absolute atomic E-state index is 0.0775. The molecule has 0 saturated carbocycles. The topological polar surface area (TPSA) is 73.1 Å². The van der Waals surface area contributed by atoms with Gasteiger partial charge in [0, 0.05) is 22.2 Å². The third-order valence-corrected chi connectivity index (χ3v) is 3.88. The lowest BCUT2D eigenvalue weighted by atomic mass is 10.1. The molecule has 0 bridgehead atoms. The molecule has 0 aliphatic heterocycles. The van der Waals surface area contributed by atoms with Gasteiger partial charge in [0.2, 0.25) is 0 Å². The molecule has 4 nitrogen and oxygen atoms in total. The maximum absolute atomic E-state index is 12.5. The number of nitrogens with zero attached hydrogens (tertiary/aromatic N) is 1. The van der Waals surface area contributed by atoms with Gasteiger partial charge in [0.25, 0.3) is 5.91 Å². The lowest BCUT2D eigenvalue weighted by Gasteiger charge is -2.09. The Morgan fingerprint density at radius 2 is 1.67 bits per heavy atom. The van der Waals surface area contributed by atoms with E-state index in [-0.39, 0.29) is 22.2 Å². The summed E-state index contributed by atoms with van der Waals surface area (Å²) in [4.78, 5) is 12.2. The summed E-state index contributed by atoms with van der Waals surface area (Å²) in [6, 6.07) is 9.82. The molecule has 2 N–H and O–H groups in total. The van der Waals surface area contributed by atoms with Crippen LogP contribution in [0.15, 0.2) is 48.0 Å². The Kier molecular flexibility index (Phi) is 6.37. The van der Waals surface area contributed by atoms with E-state index >= 15 is 0 Å². The van der Waals surface area contributed by atoms with Crippen LogP contribution < -0.4 is 5.32 Å². The number of carbonyl (C=O) groups excluding carboxylic acids is 1. The first-order valence-corrected chi connectivity index (χ1v) is 8.11. The molecule has 0 spiro atoms. The zero-order valence-electron chi connectivity index (χ0n) is 13.4. The fourth-order valence-electron chi connectivity index (χ4n) is 2.13. The van der Waals surface area contributed by atoms with Crippen molar-refractivity contribution >= 4 is 34.9 Å². The minimum atomic E-state index is -4.46. The number of carbonyl (C=O) groups is 1. The highest BCUT2D eigenvalue weighted by Crippen LogP contribution is 2.29. The first-order valence-electron chi connectivity index (χ1n) is 7.36. The number of benzene rings is 2. The SMILES string of the molecule is N#C/C(C(=O)NCc1ccc(C(F)(F)F)cc1)=C(/O)c1cc(Cl)cc(Cl)c1. The highest BCUT2D eigenvalue weighted by atomic mass is 35.5. The van der Waals surface area contributed by atoms with E-state index in [0.29, 0.717) is 5.56 Å². The van der Waals surface area contributed by atoms with Gasteiger partial charge in [0.15, 0.2) is 5.57 Å². The van der Waals surface area contributed by atoms with Crippen molar-refractivity contribution < 1.29 is 23.1 Å². The first-order chi connectivity index (χ1) is 12.6. The van der Waals surface area contributed by atoms with Crippen molar-refractivity contribution in [3.8, 4) is 6.07 Å². The van der Waals surface area contributed by atoms with Crippen molar-refractivity contribution in [1.29, 1.82) is 5.26 Å². The molecule has 0 aliphatic rings. The average Bonchev–Trinajstić information content (AvgIpc) is 2.59. The Morgan fingerprint density at radius 3 is 2.15 bits per heavy atom. The van der Waals surface area contributed by atoms with E-state index in [9.17, 15) is 28.3 Å². The number of nitrogens with one attached hydrogen (secondary N) is 1. The zero-order chi connectivity index (χ0) is 20.2. The molecule has 0 aromatic heterocycles. The van der Waals surface area contributed by atoms with E-state index in [2.05, 4.69) is 5.32 Å². The van der Waals surface area contributed by atoms with Crippen LogP contribution >= 0.6 is 23.2 Å². The fraction of sp³-hybridized carbons (Fsp3) is 0.111. The van der Waals surface area contributed by atoms with Gasteiger partial charge in [-0.1, -0.05) is 35.3 Å². The molecule has 0 radical (unpaired) electrons. The van der Waals surface area contributed by atoms with E-state index in [1.807, 2.05) is 0 Å². The molecule has 2 aromatic rings. The van der Waals surface area contributed by atoms with Crippen LogP contribution in [0.1, 0.15) is 16.7 Å². The molecular formula is C18H11Cl2F3N2O2. The van der Waals surface area contributed by atoms with Crippen LogP contribution in [0, 0.1) is 11.3 Å². The number of aliphatic hydroxyl groups is 1. The van der Waals surface area contributed by atoms with Crippen molar-refractivity contribution in [2.45, 2.75) is 12.7 Å². The quantitative estimate of drug-likeness (QED) is 0.414. The highest BCUT2D eigenvalue weighted by molar-refractivity contribution is 6.34. The molecule has 0 fully saturated rings. The summed E-state index contributed by atoms with van der Waals surface area (Å²) in [6.45, 7) is -0.133. The van der Waals surface area contributed by atoms with Crippen LogP contribution in [0.3, 0.4) is 0 Å². The van der Waals surface area contributed by atoms with Crippen molar-refractivity contribution in [3.63, 3.8) is 0 Å². The van der Waals surface area contributed by atoms with Gasteiger partial charge < -0.3 is 10.4 Å². The fourth-order valence-corrected chi connectivity index (χ4v) is 2.65. The van der Waals surface area contributed by atoms with Gasteiger partial charge in [0.1, 0.15) is 11.8 Å². The molecule has 27 heavy (non-hydrogen) atoms. The van der Waals surface area contributed by atoms with Crippen molar-refractivity contribution in [3.05, 3.63) is 74.8 Å². The third kappa shape index (κ3) is 5.39. The van der Waals surface area contributed by atoms with Gasteiger partial charge in [-0.3, -0.25) is 4.79 Å². The van der Waals surface area contributed by atoms with Crippen LogP contribution in [0.5, 0.6) is 0 Å². The second-order valence-corrected chi connectivity index (χ2v) is 6.24. The van der Waals surface area contributed by atoms with Gasteiger partial charge in [-0.2, -0.15) is 18.4 Å². The van der Waals surface area contributed by atoms with Gasteiger partial charge in [0.05, 0.1) is 5.56 Å². The summed E-state index contributed by atoms with van der Waals surface area (Å²) in [6.07, 6.45) is -4.46. The van der Waals surface area contributed by atoms with E-state index in [1.54, 1.807) is 6.07 Å². The highest BCUT2D eigenvalue weighted by Gasteiger charge is 2.29. The van der Waals surface area contributed by atoms with E-state index in [1.165, 1.54) is 30.3 Å². The number of rotatable bonds is 4. The summed E-state index contributed by atoms with van der Waals surface area (Å²) in [5, 5.41) is 22.1. The Morgan fingerprint density at radius 1 is 1.11 bits per heavy atom. The van der Waals surface area contributed by atoms with Crippen LogP contribution in [-0.4, -0.2) is 11.0 Å². The van der Waals surface area contributed by atoms with Crippen LogP contribution in [0.25, 0.3) is 5.76 Å². The Hall–Kier alpha value is -2.69. The normalized spacial score (nSPS) is 12.1. The summed E-state index contributed by atoms with van der Waals surface area (Å²) in [5.41, 5.74) is -0.932. The summed E-state index contributed by atoms with van der Waals surface area (Å²) >= 11 is 11.7. The van der Waals surface area contributed by atoms with Crippen LogP contribution in [0.4, 0.5) is 13.2 Å². The van der Waals surface area contributed by atoms with Crippen LogP contribution in [0.2, 0.25) is 10.0 Å². The number of nitriles is 1. The number of alkyl halides is 3. The van der Waals surface area contributed by atoms with E-state index < -0.39 is 29.0 Å². The molecule has 2 aromatic carbocycles. The summed E-state index contributed by atoms with van der Waals surface area (Å²) in [7, 11) is 0. The maximum atomic E-state index is 12.5. The standard InChI is InChI=1S/C18H11Cl2F3N2O2/c19-13-5-11(6-14(20)7-13)16(26)15(8-24)17(27)25-9-10-1-3-12(4-2-10)18(21,22)23/h1-7,26H,9H2,(H,25,27)/b16-15-. The van der Waals surface area contributed by atoms with Crippen molar-refractivity contribution in [2.75, 3.05) is 0 Å². The molecule has 0 atom stereocenters. The van der Waals surface area contributed by atoms with Crippen molar-refractivity contribution in [2.24, 2.45) is 0 Å². The van der Waals surface area contributed by atoms with E-state index in [4.69, 9.17) is 23.2 Å². The summed E-state index contributed by atoms with van der Waals surface area (Å²) < 4.78 is 37.6. The number of amides is 1. The van der Waals surface area contributed by atoms with Gasteiger partial charge >= 0.3 is 6.18 Å². The molecule has 0 saturated heterocycles. The monoisotopic (exact) mass is 414 g/mol. The lowest BCUT2D eigenvalue weighted by molar-refractivity contribution is -0.137. The average molecular weight is 415 g/mol. The van der Waals surface area contributed by atoms with Gasteiger partial charge in [-0.05, 0) is 35.9 Å². The third-order valence-electron chi connectivity index (χ3n) is 3.45. The number of hydrogen-bond donors (Lipinski definition) is 2. The zero-order valence-corrected chi connectivity index (χ0v) is 15.0. The summed E-state index contributed by atoms with van der Waals surface area (Å²) in [5.74, 6) is -1.52. The smallest absolute Gasteiger partial charge is 0.416 e. The largest absolute Gasteiger partial charge is 0.506 e. The maximum Gasteiger partial charge on any atom is 0.416 e. The Balaban J connectivity index is 2.16. The van der Waals surface area contributed by atoms with Crippen molar-refractivity contribution in [1.82, 2.24) is 5.32 Å². The molecule has 140 valence electrons. The molecule has 9 heteroatoms. The second kappa shape index (κ2) is 8.33. The molecule has 0 heterocycles. The van der Waals surface area contributed by atoms with Gasteiger partial charge in [-0.15, -0.1) is 0 Å². The first kappa shape index (κ1) is 20.6. The van der Waals surface area contributed by atoms with E-state index in [0.717, 1.165) is 12.1 Å². The number of hydrogen-bond acceptors (Lipinski definition) is 3. The predicted molar refractivity (Wildman–Crippen MR) is 94.9 cm³/mol. The number of halogens is 5. The molecule has 0 unspecified atom stereocenters.